The van der Waals surface area contributed by atoms with Crippen molar-refractivity contribution in [2.75, 3.05) is 24.5 Å². The van der Waals surface area contributed by atoms with Gasteiger partial charge in [-0.25, -0.2) is 8.42 Å². The Morgan fingerprint density at radius 1 is 1.06 bits per heavy atom. The lowest BCUT2D eigenvalue weighted by atomic mass is 10.2. The fourth-order valence-corrected chi connectivity index (χ4v) is 5.13. The van der Waals surface area contributed by atoms with E-state index in [0.29, 0.717) is 24.4 Å². The maximum Gasteiger partial charge on any atom is 0.264 e. The summed E-state index contributed by atoms with van der Waals surface area (Å²) in [7, 11) is -2.39. The van der Waals surface area contributed by atoms with Crippen LogP contribution >= 0.6 is 0 Å². The molecule has 6 nitrogen and oxygen atoms in total. The molecular formula is C25H22N2O4S. The number of carbonyl (C=O) groups is 1. The van der Waals surface area contributed by atoms with Crippen molar-refractivity contribution in [3.8, 4) is 17.6 Å². The summed E-state index contributed by atoms with van der Waals surface area (Å²) < 4.78 is 33.3. The molecule has 0 spiro atoms. The van der Waals surface area contributed by atoms with Gasteiger partial charge in [0.25, 0.3) is 15.9 Å². The van der Waals surface area contributed by atoms with Crippen LogP contribution in [0.1, 0.15) is 21.5 Å². The summed E-state index contributed by atoms with van der Waals surface area (Å²) in [5.41, 5.74) is 2.64. The number of hydrogen-bond donors (Lipinski definition) is 1. The van der Waals surface area contributed by atoms with Crippen LogP contribution in [0.15, 0.2) is 77.7 Å². The third kappa shape index (κ3) is 4.32. The number of ether oxygens (including phenoxy) is 1. The summed E-state index contributed by atoms with van der Waals surface area (Å²) in [6, 6.07) is 21.2. The number of nitrogens with zero attached hydrogens (tertiary/aromatic N) is 1. The third-order valence-corrected chi connectivity index (χ3v) is 7.00. The lowest BCUT2D eigenvalue weighted by Gasteiger charge is -2.20. The number of carbonyl (C=O) groups excluding carboxylic acids is 1. The number of hydrogen-bond acceptors (Lipinski definition) is 4. The quantitative estimate of drug-likeness (QED) is 0.611. The van der Waals surface area contributed by atoms with Gasteiger partial charge in [-0.3, -0.25) is 9.10 Å². The monoisotopic (exact) mass is 446 g/mol. The Morgan fingerprint density at radius 3 is 2.59 bits per heavy atom. The Bertz CT molecular complexity index is 1310. The van der Waals surface area contributed by atoms with Crippen molar-refractivity contribution in [3.05, 3.63) is 89.5 Å². The number of para-hydroxylation sites is 1. The van der Waals surface area contributed by atoms with Crippen LogP contribution in [0.4, 0.5) is 5.69 Å². The Balaban J connectivity index is 1.56. The standard InChI is InChI=1S/C25H22N2O4S/c1-31-24-14-13-21(32(29,30)27-17-15-20-11-5-6-12-23(20)27)18-22(24)25(28)26-16-7-10-19-8-3-2-4-9-19/h2-6,8-9,11-14,18H,15-17H2,1H3,(H,26,28). The number of rotatable bonds is 5. The van der Waals surface area contributed by atoms with Gasteiger partial charge in [-0.1, -0.05) is 48.2 Å². The van der Waals surface area contributed by atoms with Gasteiger partial charge in [-0.15, -0.1) is 0 Å². The van der Waals surface area contributed by atoms with Crippen LogP contribution < -0.4 is 14.4 Å². The van der Waals surface area contributed by atoms with Gasteiger partial charge in [0.2, 0.25) is 0 Å². The van der Waals surface area contributed by atoms with E-state index in [1.165, 1.54) is 29.6 Å². The van der Waals surface area contributed by atoms with Gasteiger partial charge in [0.1, 0.15) is 5.75 Å². The Morgan fingerprint density at radius 2 is 1.81 bits per heavy atom. The molecule has 0 unspecified atom stereocenters. The number of amides is 1. The third-order valence-electron chi connectivity index (χ3n) is 5.19. The van der Waals surface area contributed by atoms with E-state index in [2.05, 4.69) is 17.2 Å². The van der Waals surface area contributed by atoms with Gasteiger partial charge in [0, 0.05) is 12.1 Å². The highest BCUT2D eigenvalue weighted by Gasteiger charge is 2.31. The molecule has 0 atom stereocenters. The zero-order valence-electron chi connectivity index (χ0n) is 17.5. The van der Waals surface area contributed by atoms with Crippen LogP contribution in [0, 0.1) is 11.8 Å². The van der Waals surface area contributed by atoms with E-state index in [4.69, 9.17) is 4.74 Å². The highest BCUT2D eigenvalue weighted by Crippen LogP contribution is 2.33. The first-order valence-electron chi connectivity index (χ1n) is 10.1. The molecule has 1 N–H and O–H groups in total. The summed E-state index contributed by atoms with van der Waals surface area (Å²) in [5.74, 6) is 5.69. The average Bonchev–Trinajstić information content (AvgIpc) is 3.27. The molecule has 7 heteroatoms. The molecule has 0 aromatic heterocycles. The van der Waals surface area contributed by atoms with Crippen molar-refractivity contribution in [1.82, 2.24) is 5.32 Å². The molecule has 4 rings (SSSR count). The molecular weight excluding hydrogens is 424 g/mol. The Hall–Kier alpha value is -3.76. The highest BCUT2D eigenvalue weighted by atomic mass is 32.2. The van der Waals surface area contributed by atoms with Crippen molar-refractivity contribution in [1.29, 1.82) is 0 Å². The molecule has 3 aromatic rings. The molecule has 0 saturated heterocycles. The van der Waals surface area contributed by atoms with Crippen molar-refractivity contribution in [2.24, 2.45) is 0 Å². The molecule has 1 aliphatic heterocycles. The fourth-order valence-electron chi connectivity index (χ4n) is 3.60. The smallest absolute Gasteiger partial charge is 0.264 e. The fraction of sp³-hybridized carbons (Fsp3) is 0.160. The van der Waals surface area contributed by atoms with Gasteiger partial charge in [-0.2, -0.15) is 0 Å². The van der Waals surface area contributed by atoms with Crippen LogP contribution in [0.3, 0.4) is 0 Å². The van der Waals surface area contributed by atoms with Crippen molar-refractivity contribution < 1.29 is 17.9 Å². The number of benzene rings is 3. The molecule has 32 heavy (non-hydrogen) atoms. The summed E-state index contributed by atoms with van der Waals surface area (Å²) in [5, 5.41) is 2.71. The molecule has 0 radical (unpaired) electrons. The molecule has 1 heterocycles. The number of nitrogens with one attached hydrogen (secondary N) is 1. The van der Waals surface area contributed by atoms with Crippen molar-refractivity contribution in [3.63, 3.8) is 0 Å². The molecule has 0 saturated carbocycles. The number of anilines is 1. The van der Waals surface area contributed by atoms with Gasteiger partial charge in [0.05, 0.1) is 29.8 Å². The minimum atomic E-state index is -3.82. The van der Waals surface area contributed by atoms with Crippen LogP contribution in [0.5, 0.6) is 5.75 Å². The van der Waals surface area contributed by atoms with E-state index in [9.17, 15) is 13.2 Å². The molecule has 0 fully saturated rings. The van der Waals surface area contributed by atoms with Crippen LogP contribution in [-0.4, -0.2) is 34.5 Å². The number of fused-ring (bicyclic) bond motifs is 1. The van der Waals surface area contributed by atoms with E-state index in [1.54, 1.807) is 6.07 Å². The average molecular weight is 447 g/mol. The lowest BCUT2D eigenvalue weighted by molar-refractivity contribution is 0.0955. The molecule has 1 amide bonds. The maximum absolute atomic E-state index is 13.3. The van der Waals surface area contributed by atoms with Gasteiger partial charge >= 0.3 is 0 Å². The van der Waals surface area contributed by atoms with Gasteiger partial charge in [0.15, 0.2) is 0 Å². The van der Waals surface area contributed by atoms with Crippen LogP contribution in [0.25, 0.3) is 0 Å². The molecule has 162 valence electrons. The number of methoxy groups -OCH3 is 1. The van der Waals surface area contributed by atoms with Crippen molar-refractivity contribution >= 4 is 21.6 Å². The zero-order valence-corrected chi connectivity index (χ0v) is 18.4. The first kappa shape index (κ1) is 21.5. The minimum Gasteiger partial charge on any atom is -0.496 e. The van der Waals surface area contributed by atoms with Crippen LogP contribution in [0.2, 0.25) is 0 Å². The largest absolute Gasteiger partial charge is 0.496 e. The predicted molar refractivity (Wildman–Crippen MR) is 123 cm³/mol. The molecule has 3 aromatic carbocycles. The summed E-state index contributed by atoms with van der Waals surface area (Å²) in [6.07, 6.45) is 0.652. The van der Waals surface area contributed by atoms with E-state index >= 15 is 0 Å². The predicted octanol–water partition coefficient (Wildman–Crippen LogP) is 3.23. The number of sulfonamides is 1. The van der Waals surface area contributed by atoms with Gasteiger partial charge in [-0.05, 0) is 48.4 Å². The summed E-state index contributed by atoms with van der Waals surface area (Å²) >= 11 is 0. The van der Waals surface area contributed by atoms with E-state index in [1.807, 2.05) is 48.5 Å². The molecule has 1 aliphatic rings. The summed E-state index contributed by atoms with van der Waals surface area (Å²) in [6.45, 7) is 0.484. The Labute approximate surface area is 187 Å². The lowest BCUT2D eigenvalue weighted by Crippen LogP contribution is -2.30. The topological polar surface area (TPSA) is 75.7 Å². The maximum atomic E-state index is 13.3. The molecule has 0 bridgehead atoms. The second-order valence-electron chi connectivity index (χ2n) is 7.17. The molecule has 0 aliphatic carbocycles. The first-order valence-corrected chi connectivity index (χ1v) is 11.6. The normalized spacial score (nSPS) is 12.5. The van der Waals surface area contributed by atoms with Crippen LogP contribution in [-0.2, 0) is 16.4 Å². The SMILES string of the molecule is COc1ccc(S(=O)(=O)N2CCc3ccccc32)cc1C(=O)NCC#Cc1ccccc1. The van der Waals surface area contributed by atoms with Gasteiger partial charge < -0.3 is 10.1 Å². The van der Waals surface area contributed by atoms with E-state index < -0.39 is 15.9 Å². The highest BCUT2D eigenvalue weighted by molar-refractivity contribution is 7.92. The van der Waals surface area contributed by atoms with E-state index in [-0.39, 0.29) is 17.0 Å². The summed E-state index contributed by atoms with van der Waals surface area (Å²) in [4.78, 5) is 12.8. The first-order chi connectivity index (χ1) is 15.5. The van der Waals surface area contributed by atoms with Crippen molar-refractivity contribution in [2.45, 2.75) is 11.3 Å². The minimum absolute atomic E-state index is 0.0375. The second-order valence-corrected chi connectivity index (χ2v) is 9.03. The Kier molecular flexibility index (Phi) is 6.15. The zero-order chi connectivity index (χ0) is 22.6. The second kappa shape index (κ2) is 9.16. The van der Waals surface area contributed by atoms with E-state index in [0.717, 1.165) is 11.1 Å².